The van der Waals surface area contributed by atoms with E-state index in [1.165, 1.54) is 12.8 Å². The maximum absolute atomic E-state index is 5.68. The number of rotatable bonds is 4. The van der Waals surface area contributed by atoms with Gasteiger partial charge in [0.1, 0.15) is 0 Å². The minimum absolute atomic E-state index is 0.790. The van der Waals surface area contributed by atoms with Gasteiger partial charge in [-0.3, -0.25) is 0 Å². The predicted molar refractivity (Wildman–Crippen MR) is 48.3 cm³/mol. The van der Waals surface area contributed by atoms with E-state index in [1.807, 2.05) is 6.92 Å². The summed E-state index contributed by atoms with van der Waals surface area (Å²) in [7, 11) is 0. The van der Waals surface area contributed by atoms with Crippen molar-refractivity contribution < 1.29 is 0 Å². The Bertz CT molecular complexity index is 101. The fourth-order valence-electron chi connectivity index (χ4n) is 0.974. The standard InChI is InChI=1S/C9H17Cl/c1-4-5-8(2)6-7-9(3)10/h7-8H,4-6H2,1-3H3/b9-7+. The van der Waals surface area contributed by atoms with Crippen LogP contribution in [0, 0.1) is 5.92 Å². The molecule has 60 valence electrons. The second-order valence-electron chi connectivity index (χ2n) is 2.92. The van der Waals surface area contributed by atoms with E-state index < -0.39 is 0 Å². The summed E-state index contributed by atoms with van der Waals surface area (Å²) in [5, 5.41) is 0.919. The zero-order valence-electron chi connectivity index (χ0n) is 7.15. The van der Waals surface area contributed by atoms with Gasteiger partial charge in [-0.05, 0) is 19.3 Å². The highest BCUT2D eigenvalue weighted by Gasteiger charge is 1.96. The first-order valence-electron chi connectivity index (χ1n) is 3.99. The molecule has 0 aromatic rings. The van der Waals surface area contributed by atoms with Crippen molar-refractivity contribution in [3.05, 3.63) is 11.1 Å². The second kappa shape index (κ2) is 5.79. The first kappa shape index (κ1) is 10.0. The summed E-state index contributed by atoms with van der Waals surface area (Å²) in [4.78, 5) is 0. The van der Waals surface area contributed by atoms with Crippen LogP contribution in [0.4, 0.5) is 0 Å². The molecule has 0 aliphatic carbocycles. The summed E-state index contributed by atoms with van der Waals surface area (Å²) in [5.74, 6) is 0.790. The lowest BCUT2D eigenvalue weighted by atomic mass is 10.0. The van der Waals surface area contributed by atoms with Crippen molar-refractivity contribution in [2.75, 3.05) is 0 Å². The molecule has 0 saturated heterocycles. The Hall–Kier alpha value is 0.0300. The van der Waals surface area contributed by atoms with Crippen molar-refractivity contribution in [3.63, 3.8) is 0 Å². The van der Waals surface area contributed by atoms with Crippen LogP contribution in [-0.2, 0) is 0 Å². The van der Waals surface area contributed by atoms with Crippen molar-refractivity contribution in [2.24, 2.45) is 5.92 Å². The molecule has 0 spiro atoms. The van der Waals surface area contributed by atoms with Crippen LogP contribution in [0.5, 0.6) is 0 Å². The maximum atomic E-state index is 5.68. The van der Waals surface area contributed by atoms with Gasteiger partial charge in [0.2, 0.25) is 0 Å². The van der Waals surface area contributed by atoms with E-state index in [0.29, 0.717) is 0 Å². The van der Waals surface area contributed by atoms with Gasteiger partial charge in [0, 0.05) is 5.03 Å². The van der Waals surface area contributed by atoms with Crippen LogP contribution in [-0.4, -0.2) is 0 Å². The number of halogens is 1. The molecule has 0 aliphatic heterocycles. The fraction of sp³-hybridized carbons (Fsp3) is 0.778. The quantitative estimate of drug-likeness (QED) is 0.584. The monoisotopic (exact) mass is 160 g/mol. The third-order valence-corrected chi connectivity index (χ3v) is 1.74. The fourth-order valence-corrected chi connectivity index (χ4v) is 1.06. The summed E-state index contributed by atoms with van der Waals surface area (Å²) in [6.45, 7) is 6.41. The van der Waals surface area contributed by atoms with E-state index in [9.17, 15) is 0 Å². The molecule has 0 amide bonds. The maximum Gasteiger partial charge on any atom is 0.0110 e. The summed E-state index contributed by atoms with van der Waals surface area (Å²) in [5.41, 5.74) is 0. The van der Waals surface area contributed by atoms with Gasteiger partial charge in [-0.25, -0.2) is 0 Å². The molecule has 0 radical (unpaired) electrons. The minimum atomic E-state index is 0.790. The molecule has 0 saturated carbocycles. The van der Waals surface area contributed by atoms with Gasteiger partial charge in [0.15, 0.2) is 0 Å². The third kappa shape index (κ3) is 6.15. The average Bonchev–Trinajstić information content (AvgIpc) is 1.85. The molecule has 1 unspecified atom stereocenters. The second-order valence-corrected chi connectivity index (χ2v) is 3.52. The van der Waals surface area contributed by atoms with Gasteiger partial charge >= 0.3 is 0 Å². The summed E-state index contributed by atoms with van der Waals surface area (Å²) < 4.78 is 0. The van der Waals surface area contributed by atoms with Crippen molar-refractivity contribution in [1.29, 1.82) is 0 Å². The van der Waals surface area contributed by atoms with E-state index in [2.05, 4.69) is 19.9 Å². The van der Waals surface area contributed by atoms with E-state index in [0.717, 1.165) is 17.4 Å². The molecular formula is C9H17Cl. The van der Waals surface area contributed by atoms with Gasteiger partial charge in [0.25, 0.3) is 0 Å². The predicted octanol–water partition coefficient (Wildman–Crippen LogP) is 3.96. The van der Waals surface area contributed by atoms with Crippen LogP contribution >= 0.6 is 11.6 Å². The molecule has 0 heterocycles. The Morgan fingerprint density at radius 1 is 1.60 bits per heavy atom. The first-order chi connectivity index (χ1) is 4.66. The van der Waals surface area contributed by atoms with Crippen molar-refractivity contribution in [1.82, 2.24) is 0 Å². The highest BCUT2D eigenvalue weighted by Crippen LogP contribution is 2.12. The Labute approximate surface area is 69.3 Å². The minimum Gasteiger partial charge on any atom is -0.0898 e. The molecule has 0 aliphatic rings. The van der Waals surface area contributed by atoms with Gasteiger partial charge in [0.05, 0.1) is 0 Å². The average molecular weight is 161 g/mol. The van der Waals surface area contributed by atoms with Crippen LogP contribution in [0.3, 0.4) is 0 Å². The Kier molecular flexibility index (Phi) is 5.81. The number of hydrogen-bond acceptors (Lipinski definition) is 0. The lowest BCUT2D eigenvalue weighted by Crippen LogP contribution is -1.90. The van der Waals surface area contributed by atoms with E-state index in [1.54, 1.807) is 0 Å². The zero-order valence-corrected chi connectivity index (χ0v) is 7.91. The van der Waals surface area contributed by atoms with E-state index >= 15 is 0 Å². The van der Waals surface area contributed by atoms with Crippen molar-refractivity contribution in [2.45, 2.75) is 40.0 Å². The van der Waals surface area contributed by atoms with Gasteiger partial charge < -0.3 is 0 Å². The van der Waals surface area contributed by atoms with Crippen LogP contribution < -0.4 is 0 Å². The highest BCUT2D eigenvalue weighted by molar-refractivity contribution is 6.29. The van der Waals surface area contributed by atoms with E-state index in [-0.39, 0.29) is 0 Å². The molecule has 0 aromatic heterocycles. The molecule has 0 fully saturated rings. The van der Waals surface area contributed by atoms with E-state index in [4.69, 9.17) is 11.6 Å². The number of hydrogen-bond donors (Lipinski definition) is 0. The largest absolute Gasteiger partial charge is 0.0898 e. The molecule has 0 nitrogen and oxygen atoms in total. The molecule has 1 heteroatoms. The summed E-state index contributed by atoms with van der Waals surface area (Å²) >= 11 is 5.68. The Morgan fingerprint density at radius 3 is 2.60 bits per heavy atom. The van der Waals surface area contributed by atoms with Gasteiger partial charge in [-0.1, -0.05) is 44.4 Å². The Morgan fingerprint density at radius 2 is 2.20 bits per heavy atom. The molecular weight excluding hydrogens is 144 g/mol. The molecule has 10 heavy (non-hydrogen) atoms. The smallest absolute Gasteiger partial charge is 0.0110 e. The van der Waals surface area contributed by atoms with Crippen LogP contribution in [0.25, 0.3) is 0 Å². The topological polar surface area (TPSA) is 0 Å². The summed E-state index contributed by atoms with van der Waals surface area (Å²) in [6, 6.07) is 0. The van der Waals surface area contributed by atoms with Crippen molar-refractivity contribution in [3.8, 4) is 0 Å². The molecule has 0 rings (SSSR count). The molecule has 1 atom stereocenters. The molecule has 0 N–H and O–H groups in total. The number of allylic oxidation sites excluding steroid dienone is 2. The van der Waals surface area contributed by atoms with Gasteiger partial charge in [-0.15, -0.1) is 0 Å². The zero-order chi connectivity index (χ0) is 7.98. The van der Waals surface area contributed by atoms with Gasteiger partial charge in [-0.2, -0.15) is 0 Å². The molecule has 0 aromatic carbocycles. The van der Waals surface area contributed by atoms with Crippen LogP contribution in [0.15, 0.2) is 11.1 Å². The normalized spacial score (nSPS) is 15.4. The first-order valence-corrected chi connectivity index (χ1v) is 4.36. The lowest BCUT2D eigenvalue weighted by Gasteiger charge is -2.04. The van der Waals surface area contributed by atoms with Crippen LogP contribution in [0.2, 0.25) is 0 Å². The van der Waals surface area contributed by atoms with Crippen molar-refractivity contribution >= 4 is 11.6 Å². The summed E-state index contributed by atoms with van der Waals surface area (Å²) in [6.07, 6.45) is 5.81. The third-order valence-electron chi connectivity index (χ3n) is 1.58. The Balaban J connectivity index is 3.38. The van der Waals surface area contributed by atoms with Crippen LogP contribution in [0.1, 0.15) is 40.0 Å². The highest BCUT2D eigenvalue weighted by atomic mass is 35.5. The SMILES string of the molecule is CCCC(C)C/C=C(\C)Cl. The lowest BCUT2D eigenvalue weighted by molar-refractivity contribution is 0.531. The molecule has 0 bridgehead atoms.